The lowest BCUT2D eigenvalue weighted by Gasteiger charge is -2.36. The molecule has 2 aromatic carbocycles. The first-order chi connectivity index (χ1) is 33.2. The van der Waals surface area contributed by atoms with Crippen molar-refractivity contribution in [1.29, 1.82) is 0 Å². The molecular formula is C41H47F6N9O11S3. The van der Waals surface area contributed by atoms with Gasteiger partial charge in [-0.2, -0.15) is 0 Å². The van der Waals surface area contributed by atoms with Gasteiger partial charge in [0.05, 0.1) is 48.9 Å². The number of nitrogens with one attached hydrogen (secondary N) is 3. The highest BCUT2D eigenvalue weighted by atomic mass is 32.3. The zero-order valence-electron chi connectivity index (χ0n) is 36.8. The van der Waals surface area contributed by atoms with Crippen LogP contribution >= 0.6 is 24.4 Å². The summed E-state index contributed by atoms with van der Waals surface area (Å²) in [5, 5.41) is 13.6. The standard InChI is InChI=1S/C18H21F3N4O7S2.C18H21F3N4O4S.C5H5N/c19-13-7-11(25-9-12(32-18(25)27)8-22-17(33)16(20)21)1-2-14(13)23-3-5-24(6-4-23)15(26)10-31-34(28,29)30;19-13-7-11(25-9-12(29-18(25)28)8-22-17(30)16(20)21)1-2-14(13)23-3-5-24(6-4-23)15(27)10-26;1-2-4-6-5-3-1/h1-2,7,12,16H,3-6,8-10H2,(H,22,33)(H,28,29,30);1-2,7,12,16,26H,3-6,8-10H2,(H,22,30);1-5H/t2*12-;/m00./s1. The fourth-order valence-electron chi connectivity index (χ4n) is 7.15. The maximum atomic E-state index is 14.8. The van der Waals surface area contributed by atoms with E-state index in [-0.39, 0.29) is 75.3 Å². The molecule has 4 fully saturated rings. The van der Waals surface area contributed by atoms with E-state index in [1.807, 2.05) is 30.6 Å². The third-order valence-electron chi connectivity index (χ3n) is 10.7. The summed E-state index contributed by atoms with van der Waals surface area (Å²) in [5.41, 5.74) is 1.06. The Balaban J connectivity index is 0.000000234. The van der Waals surface area contributed by atoms with E-state index in [2.05, 4.69) is 44.2 Å². The van der Waals surface area contributed by atoms with E-state index in [0.717, 1.165) is 6.07 Å². The molecule has 70 heavy (non-hydrogen) atoms. The molecule has 3 aromatic rings. The van der Waals surface area contributed by atoms with Gasteiger partial charge in [0.25, 0.3) is 12.9 Å². The first-order valence-corrected chi connectivity index (χ1v) is 23.2. The van der Waals surface area contributed by atoms with Crippen LogP contribution in [0.15, 0.2) is 67.0 Å². The van der Waals surface area contributed by atoms with E-state index in [9.17, 15) is 58.5 Å². The first-order valence-electron chi connectivity index (χ1n) is 21.1. The molecule has 5 heterocycles. The summed E-state index contributed by atoms with van der Waals surface area (Å²) in [6.07, 6.45) is -4.78. The van der Waals surface area contributed by atoms with E-state index >= 15 is 0 Å². The summed E-state index contributed by atoms with van der Waals surface area (Å²) in [6.45, 7) is 0.766. The highest BCUT2D eigenvalue weighted by molar-refractivity contribution is 7.81. The van der Waals surface area contributed by atoms with E-state index < -0.39 is 88.4 Å². The van der Waals surface area contributed by atoms with Crippen molar-refractivity contribution in [3.8, 4) is 0 Å². The summed E-state index contributed by atoms with van der Waals surface area (Å²) >= 11 is 8.96. The quantitative estimate of drug-likeness (QED) is 0.0907. The lowest BCUT2D eigenvalue weighted by molar-refractivity contribution is -0.378. The topological polar surface area (TPSA) is 231 Å². The van der Waals surface area contributed by atoms with Gasteiger partial charge in [0, 0.05) is 64.5 Å². The average Bonchev–Trinajstić information content (AvgIpc) is 3.92. The molecule has 29 heteroatoms. The number of cyclic esters (lactones) is 2. The van der Waals surface area contributed by atoms with Crippen LogP contribution < -0.4 is 35.2 Å². The van der Waals surface area contributed by atoms with Crippen LogP contribution in [0.2, 0.25) is 0 Å². The molecule has 0 aliphatic carbocycles. The van der Waals surface area contributed by atoms with Crippen molar-refractivity contribution in [2.45, 2.75) is 25.1 Å². The SMILES string of the molecule is O=C(CO)N1CCN(c2ccc(N3C[C@H](CNC(=S)C(F)F)OC3=O)cc2F)CC1.O=C(COS(=O)(=O)[O-])N1CCN(c2ccc(N3C[C@H](CNC(=S)C(F)F)OC3=O)cc2F)CC1.c1cc[nH+]cc1. The number of aromatic amines is 1. The molecule has 382 valence electrons. The van der Waals surface area contributed by atoms with Gasteiger partial charge in [0.1, 0.15) is 47.0 Å². The van der Waals surface area contributed by atoms with Crippen LogP contribution in [-0.2, 0) is 33.6 Å². The number of aromatic nitrogens is 1. The monoisotopic (exact) mass is 1050 g/mol. The van der Waals surface area contributed by atoms with Gasteiger partial charge in [-0.25, -0.2) is 49.3 Å². The second-order valence-corrected chi connectivity index (χ2v) is 17.2. The zero-order chi connectivity index (χ0) is 51.1. The van der Waals surface area contributed by atoms with Crippen LogP contribution in [0.3, 0.4) is 0 Å². The molecule has 7 rings (SSSR count). The largest absolute Gasteiger partial charge is 0.726 e. The van der Waals surface area contributed by atoms with Crippen molar-refractivity contribution in [2.75, 3.05) is 111 Å². The number of amides is 4. The number of hydrogen-bond donors (Lipinski definition) is 3. The number of thiocarbonyl (C=S) groups is 2. The number of H-pyrrole nitrogens is 1. The number of piperazine rings is 2. The van der Waals surface area contributed by atoms with Crippen LogP contribution in [0, 0.1) is 11.6 Å². The number of rotatable bonds is 14. The summed E-state index contributed by atoms with van der Waals surface area (Å²) in [4.78, 5) is 57.9. The Morgan fingerprint density at radius 2 is 1.14 bits per heavy atom. The Bertz CT molecular complexity index is 2400. The Hall–Kier alpha value is -6.14. The second kappa shape index (κ2) is 25.6. The Morgan fingerprint density at radius 1 is 0.729 bits per heavy atom. The third kappa shape index (κ3) is 15.9. The maximum absolute atomic E-state index is 14.8. The molecule has 4 N–H and O–H groups in total. The van der Waals surface area contributed by atoms with Crippen LogP contribution in [0.25, 0.3) is 0 Å². The van der Waals surface area contributed by atoms with Crippen molar-refractivity contribution in [3.05, 3.63) is 78.6 Å². The predicted octanol–water partition coefficient (Wildman–Crippen LogP) is 1.93. The number of aliphatic hydroxyl groups is 1. The molecule has 1 aromatic heterocycles. The fourth-order valence-corrected chi connectivity index (χ4v) is 7.56. The van der Waals surface area contributed by atoms with Gasteiger partial charge in [-0.05, 0) is 36.4 Å². The van der Waals surface area contributed by atoms with Gasteiger partial charge in [-0.1, -0.05) is 30.5 Å². The lowest BCUT2D eigenvalue weighted by Crippen LogP contribution is -2.50. The predicted molar refractivity (Wildman–Crippen MR) is 245 cm³/mol. The number of anilines is 4. The fraction of sp³-hybridized carbons (Fsp3) is 0.439. The molecule has 4 aliphatic rings. The van der Waals surface area contributed by atoms with E-state index in [1.165, 1.54) is 37.8 Å². The number of benzene rings is 2. The third-order valence-corrected chi connectivity index (χ3v) is 11.7. The Morgan fingerprint density at radius 3 is 1.47 bits per heavy atom. The molecule has 0 saturated carbocycles. The van der Waals surface area contributed by atoms with Crippen LogP contribution in [-0.4, -0.2) is 179 Å². The lowest BCUT2D eigenvalue weighted by atomic mass is 10.2. The van der Waals surface area contributed by atoms with E-state index in [0.29, 0.717) is 31.9 Å². The molecule has 4 saturated heterocycles. The minimum atomic E-state index is -4.98. The normalized spacial score (nSPS) is 18.1. The van der Waals surface area contributed by atoms with Crippen LogP contribution in [0.1, 0.15) is 0 Å². The Labute approximate surface area is 408 Å². The number of ether oxygens (including phenoxy) is 2. The number of pyridine rings is 1. The Kier molecular flexibility index (Phi) is 20.1. The minimum absolute atomic E-state index is 0.0123. The van der Waals surface area contributed by atoms with Gasteiger partial charge in [-0.3, -0.25) is 23.6 Å². The molecule has 4 aliphatic heterocycles. The molecule has 4 amide bonds. The van der Waals surface area contributed by atoms with Crippen molar-refractivity contribution in [2.24, 2.45) is 0 Å². The summed E-state index contributed by atoms with van der Waals surface area (Å²) in [7, 11) is -4.98. The summed E-state index contributed by atoms with van der Waals surface area (Å²) < 4.78 is 125. The number of hydrogen-bond acceptors (Lipinski definition) is 15. The molecule has 0 unspecified atom stereocenters. The number of carbonyl (C=O) groups is 4. The number of aliphatic hydroxyl groups excluding tert-OH is 1. The van der Waals surface area contributed by atoms with Gasteiger partial charge >= 0.3 is 12.2 Å². The highest BCUT2D eigenvalue weighted by Gasteiger charge is 2.35. The molecule has 0 radical (unpaired) electrons. The molecule has 20 nitrogen and oxygen atoms in total. The smallest absolute Gasteiger partial charge is 0.414 e. The second-order valence-electron chi connectivity index (χ2n) is 15.2. The maximum Gasteiger partial charge on any atom is 0.414 e. The number of nitrogens with zero attached hydrogens (tertiary/aromatic N) is 6. The summed E-state index contributed by atoms with van der Waals surface area (Å²) in [5.74, 6) is -2.22. The minimum Gasteiger partial charge on any atom is -0.726 e. The van der Waals surface area contributed by atoms with Crippen molar-refractivity contribution >= 4 is 91.6 Å². The summed E-state index contributed by atoms with van der Waals surface area (Å²) in [6, 6.07) is 14.3. The van der Waals surface area contributed by atoms with Crippen LogP contribution in [0.4, 0.5) is 58.7 Å². The van der Waals surface area contributed by atoms with Gasteiger partial charge < -0.3 is 49.4 Å². The van der Waals surface area contributed by atoms with Crippen molar-refractivity contribution in [3.63, 3.8) is 0 Å². The van der Waals surface area contributed by atoms with Gasteiger partial charge in [-0.15, -0.1) is 0 Å². The molecule has 0 spiro atoms. The average molecular weight is 1050 g/mol. The number of alkyl halides is 4. The van der Waals surface area contributed by atoms with E-state index in [1.54, 1.807) is 21.9 Å². The van der Waals surface area contributed by atoms with Crippen molar-refractivity contribution < 1.29 is 82.2 Å². The number of halogens is 6. The van der Waals surface area contributed by atoms with Crippen LogP contribution in [0.5, 0.6) is 0 Å². The number of carbonyl (C=O) groups excluding carboxylic acids is 4. The highest BCUT2D eigenvalue weighted by Crippen LogP contribution is 2.30. The molecule has 0 bridgehead atoms. The van der Waals surface area contributed by atoms with E-state index in [4.69, 9.17) is 14.6 Å². The van der Waals surface area contributed by atoms with Gasteiger partial charge in [0.2, 0.25) is 22.2 Å². The first kappa shape index (κ1) is 54.8. The molecule has 2 atom stereocenters. The zero-order valence-corrected chi connectivity index (χ0v) is 39.2. The van der Waals surface area contributed by atoms with Gasteiger partial charge in [0.15, 0.2) is 12.4 Å². The molecular weight excluding hydrogens is 1000 g/mol. The van der Waals surface area contributed by atoms with Crippen molar-refractivity contribution in [1.82, 2.24) is 20.4 Å².